The van der Waals surface area contributed by atoms with Gasteiger partial charge in [0.25, 0.3) is 5.91 Å². The first-order chi connectivity index (χ1) is 12.3. The van der Waals surface area contributed by atoms with E-state index in [0.717, 1.165) is 22.2 Å². The summed E-state index contributed by atoms with van der Waals surface area (Å²) in [5.41, 5.74) is 3.55. The standard InChI is InChI=1S/C19H22N4O.C2H6/c1-12-6-8-14(9-7-12)17(24)22-18-20-10-15-13(2)11-23(16(15)21-18)19(3,4)5;1-2/h6-11H,1-5H3,(H,20,21,22,24);1-2H3. The highest BCUT2D eigenvalue weighted by Crippen LogP contribution is 2.26. The van der Waals surface area contributed by atoms with Gasteiger partial charge < -0.3 is 4.57 Å². The highest BCUT2D eigenvalue weighted by atomic mass is 16.1. The van der Waals surface area contributed by atoms with Crippen LogP contribution in [0.1, 0.15) is 56.1 Å². The van der Waals surface area contributed by atoms with Gasteiger partial charge in [0, 0.05) is 28.9 Å². The minimum Gasteiger partial charge on any atom is -0.327 e. The maximum absolute atomic E-state index is 12.4. The molecular formula is C21H28N4O. The van der Waals surface area contributed by atoms with E-state index in [4.69, 9.17) is 0 Å². The number of carbonyl (C=O) groups is 1. The average molecular weight is 352 g/mol. The van der Waals surface area contributed by atoms with E-state index >= 15 is 0 Å². The zero-order valence-corrected chi connectivity index (χ0v) is 16.7. The Morgan fingerprint density at radius 1 is 1.08 bits per heavy atom. The minimum absolute atomic E-state index is 0.0981. The van der Waals surface area contributed by atoms with Gasteiger partial charge in [-0.15, -0.1) is 0 Å². The van der Waals surface area contributed by atoms with E-state index in [2.05, 4.69) is 46.8 Å². The number of fused-ring (bicyclic) bond motifs is 1. The van der Waals surface area contributed by atoms with Gasteiger partial charge in [-0.25, -0.2) is 4.98 Å². The van der Waals surface area contributed by atoms with Crippen molar-refractivity contribution >= 4 is 22.9 Å². The Balaban J connectivity index is 0.00000117. The third kappa shape index (κ3) is 4.10. The van der Waals surface area contributed by atoms with Crippen molar-refractivity contribution in [2.24, 2.45) is 0 Å². The Hall–Kier alpha value is -2.69. The van der Waals surface area contributed by atoms with Gasteiger partial charge in [-0.2, -0.15) is 4.98 Å². The number of benzene rings is 1. The van der Waals surface area contributed by atoms with E-state index < -0.39 is 0 Å². The fourth-order valence-corrected chi connectivity index (χ4v) is 2.61. The Morgan fingerprint density at radius 3 is 2.27 bits per heavy atom. The van der Waals surface area contributed by atoms with Gasteiger partial charge in [0.05, 0.1) is 0 Å². The van der Waals surface area contributed by atoms with E-state index in [9.17, 15) is 4.79 Å². The second kappa shape index (κ2) is 7.68. The smallest absolute Gasteiger partial charge is 0.258 e. The number of amides is 1. The van der Waals surface area contributed by atoms with Crippen LogP contribution in [0, 0.1) is 13.8 Å². The first-order valence-corrected chi connectivity index (χ1v) is 8.99. The Labute approximate surface area is 155 Å². The van der Waals surface area contributed by atoms with Crippen LogP contribution in [0.3, 0.4) is 0 Å². The van der Waals surface area contributed by atoms with Gasteiger partial charge in [-0.1, -0.05) is 31.5 Å². The molecular weight excluding hydrogens is 324 g/mol. The molecule has 0 fully saturated rings. The van der Waals surface area contributed by atoms with Gasteiger partial charge >= 0.3 is 0 Å². The van der Waals surface area contributed by atoms with Crippen molar-refractivity contribution in [3.05, 3.63) is 53.3 Å². The lowest BCUT2D eigenvalue weighted by atomic mass is 10.1. The zero-order valence-electron chi connectivity index (χ0n) is 16.7. The summed E-state index contributed by atoms with van der Waals surface area (Å²) in [5.74, 6) is 0.108. The molecule has 0 unspecified atom stereocenters. The number of anilines is 1. The molecule has 1 amide bonds. The van der Waals surface area contributed by atoms with E-state index in [1.54, 1.807) is 18.3 Å². The summed E-state index contributed by atoms with van der Waals surface area (Å²) in [6.07, 6.45) is 3.84. The van der Waals surface area contributed by atoms with Crippen LogP contribution in [0.15, 0.2) is 36.7 Å². The second-order valence-electron chi connectivity index (χ2n) is 7.10. The predicted molar refractivity (Wildman–Crippen MR) is 108 cm³/mol. The molecule has 0 aliphatic heterocycles. The maximum atomic E-state index is 12.4. The summed E-state index contributed by atoms with van der Waals surface area (Å²) in [6, 6.07) is 7.41. The summed E-state index contributed by atoms with van der Waals surface area (Å²) in [6.45, 7) is 14.4. The molecule has 5 nitrogen and oxygen atoms in total. The first-order valence-electron chi connectivity index (χ1n) is 8.99. The van der Waals surface area contributed by atoms with Crippen LogP contribution in [0.4, 0.5) is 5.95 Å². The molecule has 0 aliphatic rings. The van der Waals surface area contributed by atoms with Crippen LogP contribution in [-0.2, 0) is 5.54 Å². The van der Waals surface area contributed by atoms with Gasteiger partial charge in [0.2, 0.25) is 5.95 Å². The topological polar surface area (TPSA) is 59.8 Å². The normalized spacial score (nSPS) is 11.0. The van der Waals surface area contributed by atoms with E-state index in [1.807, 2.05) is 39.8 Å². The lowest BCUT2D eigenvalue weighted by Crippen LogP contribution is -2.21. The predicted octanol–water partition coefficient (Wildman–Crippen LogP) is 5.08. The Kier molecular flexibility index (Phi) is 5.80. The van der Waals surface area contributed by atoms with Crippen LogP contribution in [-0.4, -0.2) is 20.4 Å². The van der Waals surface area contributed by atoms with Crippen LogP contribution in [0.5, 0.6) is 0 Å². The molecule has 1 N–H and O–H groups in total. The molecule has 3 rings (SSSR count). The summed E-state index contributed by atoms with van der Waals surface area (Å²) in [5, 5.41) is 3.78. The molecule has 0 atom stereocenters. The molecule has 2 heterocycles. The number of rotatable bonds is 2. The van der Waals surface area contributed by atoms with Gasteiger partial charge in [-0.05, 0) is 52.3 Å². The number of nitrogens with one attached hydrogen (secondary N) is 1. The molecule has 0 bridgehead atoms. The number of carbonyl (C=O) groups excluding carboxylic acids is 1. The van der Waals surface area contributed by atoms with E-state index in [1.165, 1.54) is 0 Å². The molecule has 1 aromatic carbocycles. The fraction of sp³-hybridized carbons (Fsp3) is 0.381. The summed E-state index contributed by atoms with van der Waals surface area (Å²) in [7, 11) is 0. The van der Waals surface area contributed by atoms with Crippen LogP contribution in [0.25, 0.3) is 11.0 Å². The van der Waals surface area contributed by atoms with Crippen molar-refractivity contribution in [2.45, 2.75) is 54.0 Å². The lowest BCUT2D eigenvalue weighted by molar-refractivity contribution is 0.102. The molecule has 5 heteroatoms. The monoisotopic (exact) mass is 352 g/mol. The number of aromatic nitrogens is 3. The molecule has 26 heavy (non-hydrogen) atoms. The summed E-state index contributed by atoms with van der Waals surface area (Å²) in [4.78, 5) is 21.2. The average Bonchev–Trinajstić information content (AvgIpc) is 2.94. The van der Waals surface area contributed by atoms with Crippen LogP contribution < -0.4 is 5.32 Å². The van der Waals surface area contributed by atoms with E-state index in [-0.39, 0.29) is 11.4 Å². The van der Waals surface area contributed by atoms with Crippen molar-refractivity contribution < 1.29 is 4.79 Å². The molecule has 0 saturated heterocycles. The molecule has 0 radical (unpaired) electrons. The molecule has 0 saturated carbocycles. The van der Waals surface area contributed by atoms with Crippen LogP contribution in [0.2, 0.25) is 0 Å². The summed E-state index contributed by atoms with van der Waals surface area (Å²) >= 11 is 0. The zero-order chi connectivity index (χ0) is 19.5. The van der Waals surface area contributed by atoms with Crippen molar-refractivity contribution in [3.8, 4) is 0 Å². The van der Waals surface area contributed by atoms with Crippen molar-refractivity contribution in [3.63, 3.8) is 0 Å². The summed E-state index contributed by atoms with van der Waals surface area (Å²) < 4.78 is 2.11. The number of hydrogen-bond donors (Lipinski definition) is 1. The molecule has 0 spiro atoms. The van der Waals surface area contributed by atoms with Crippen molar-refractivity contribution in [2.75, 3.05) is 5.32 Å². The molecule has 2 aromatic heterocycles. The second-order valence-corrected chi connectivity index (χ2v) is 7.10. The number of hydrogen-bond acceptors (Lipinski definition) is 3. The third-order valence-electron chi connectivity index (χ3n) is 4.01. The Morgan fingerprint density at radius 2 is 1.69 bits per heavy atom. The van der Waals surface area contributed by atoms with Crippen molar-refractivity contribution in [1.82, 2.24) is 14.5 Å². The third-order valence-corrected chi connectivity index (χ3v) is 4.01. The lowest BCUT2D eigenvalue weighted by Gasteiger charge is -2.22. The first kappa shape index (κ1) is 19.6. The highest BCUT2D eigenvalue weighted by molar-refractivity contribution is 6.03. The number of nitrogens with zero attached hydrogens (tertiary/aromatic N) is 3. The van der Waals surface area contributed by atoms with Crippen LogP contribution >= 0.6 is 0 Å². The Bertz CT molecular complexity index is 902. The number of aryl methyl sites for hydroxylation is 2. The largest absolute Gasteiger partial charge is 0.327 e. The quantitative estimate of drug-likeness (QED) is 0.699. The van der Waals surface area contributed by atoms with Gasteiger partial charge in [0.15, 0.2) is 0 Å². The van der Waals surface area contributed by atoms with E-state index in [0.29, 0.717) is 11.5 Å². The SMILES string of the molecule is CC.Cc1ccc(C(=O)Nc2ncc3c(C)cn(C(C)(C)C)c3n2)cc1. The maximum Gasteiger partial charge on any atom is 0.258 e. The van der Waals surface area contributed by atoms with Gasteiger partial charge in [-0.3, -0.25) is 10.1 Å². The molecule has 3 aromatic rings. The molecule has 138 valence electrons. The highest BCUT2D eigenvalue weighted by Gasteiger charge is 2.19. The van der Waals surface area contributed by atoms with Gasteiger partial charge in [0.1, 0.15) is 5.65 Å². The van der Waals surface area contributed by atoms with Crippen molar-refractivity contribution in [1.29, 1.82) is 0 Å². The fourth-order valence-electron chi connectivity index (χ4n) is 2.61. The molecule has 0 aliphatic carbocycles. The minimum atomic E-state index is -0.208.